The Morgan fingerprint density at radius 1 is 1.09 bits per heavy atom. The molecule has 2 fully saturated rings. The van der Waals surface area contributed by atoms with Crippen molar-refractivity contribution in [3.05, 3.63) is 0 Å². The molecule has 0 radical (unpaired) electrons. The van der Waals surface area contributed by atoms with E-state index in [1.165, 1.54) is 25.9 Å². The van der Waals surface area contributed by atoms with Crippen LogP contribution in [0.25, 0.3) is 0 Å². The molecule has 1 saturated carbocycles. The molecule has 5 nitrogen and oxygen atoms in total. The van der Waals surface area contributed by atoms with Crippen LogP contribution < -0.4 is 10.6 Å². The van der Waals surface area contributed by atoms with Crippen LogP contribution in [0.3, 0.4) is 0 Å². The van der Waals surface area contributed by atoms with E-state index in [9.17, 15) is 4.79 Å². The van der Waals surface area contributed by atoms with E-state index >= 15 is 0 Å². The summed E-state index contributed by atoms with van der Waals surface area (Å²) in [6.07, 6.45) is 6.70. The van der Waals surface area contributed by atoms with E-state index in [2.05, 4.69) is 22.5 Å². The number of piperidine rings is 1. The minimum atomic E-state index is -0.422. The number of likely N-dealkylation sites (tertiary alicyclic amines) is 1. The first kappa shape index (κ1) is 18.5. The van der Waals surface area contributed by atoms with E-state index in [0.717, 1.165) is 32.2 Å². The fourth-order valence-corrected chi connectivity index (χ4v) is 3.69. The van der Waals surface area contributed by atoms with Gasteiger partial charge in [-0.1, -0.05) is 6.92 Å². The maximum Gasteiger partial charge on any atom is 0.407 e. The van der Waals surface area contributed by atoms with Crippen molar-refractivity contribution >= 4 is 6.09 Å². The second kappa shape index (κ2) is 8.34. The van der Waals surface area contributed by atoms with Crippen molar-refractivity contribution in [2.75, 3.05) is 19.6 Å². The number of ether oxygens (including phenoxy) is 1. The predicted octanol–water partition coefficient (Wildman–Crippen LogP) is 2.90. The van der Waals surface area contributed by atoms with Crippen molar-refractivity contribution in [1.82, 2.24) is 15.5 Å². The minimum Gasteiger partial charge on any atom is -0.444 e. The highest BCUT2D eigenvalue weighted by Gasteiger charge is 2.27. The number of rotatable bonds is 4. The van der Waals surface area contributed by atoms with Crippen molar-refractivity contribution in [2.24, 2.45) is 0 Å². The van der Waals surface area contributed by atoms with E-state index in [4.69, 9.17) is 4.74 Å². The average Bonchev–Trinajstić information content (AvgIpc) is 2.47. The molecule has 1 aliphatic heterocycles. The monoisotopic (exact) mass is 325 g/mol. The summed E-state index contributed by atoms with van der Waals surface area (Å²) in [5.41, 5.74) is -0.422. The van der Waals surface area contributed by atoms with Crippen LogP contribution in [0.4, 0.5) is 4.79 Å². The summed E-state index contributed by atoms with van der Waals surface area (Å²) in [6.45, 7) is 11.5. The Bertz CT molecular complexity index is 373. The van der Waals surface area contributed by atoms with E-state index < -0.39 is 5.60 Å². The highest BCUT2D eigenvalue weighted by Crippen LogP contribution is 2.21. The largest absolute Gasteiger partial charge is 0.444 e. The van der Waals surface area contributed by atoms with Crippen LogP contribution in [-0.2, 0) is 4.74 Å². The molecule has 5 heteroatoms. The summed E-state index contributed by atoms with van der Waals surface area (Å²) >= 11 is 0. The first-order chi connectivity index (χ1) is 10.9. The topological polar surface area (TPSA) is 53.6 Å². The number of carbonyl (C=O) groups excluding carboxylic acids is 1. The lowest BCUT2D eigenvalue weighted by Gasteiger charge is -2.37. The summed E-state index contributed by atoms with van der Waals surface area (Å²) in [7, 11) is 0. The van der Waals surface area contributed by atoms with Gasteiger partial charge in [-0.05, 0) is 72.4 Å². The van der Waals surface area contributed by atoms with Crippen molar-refractivity contribution < 1.29 is 9.53 Å². The fraction of sp³-hybridized carbons (Fsp3) is 0.944. The lowest BCUT2D eigenvalue weighted by Crippen LogP contribution is -2.51. The van der Waals surface area contributed by atoms with Gasteiger partial charge in [0.25, 0.3) is 0 Å². The summed E-state index contributed by atoms with van der Waals surface area (Å²) in [6, 6.07) is 1.51. The van der Waals surface area contributed by atoms with Crippen LogP contribution in [0.2, 0.25) is 0 Å². The Morgan fingerprint density at radius 3 is 2.35 bits per heavy atom. The SMILES string of the molecule is CCN1CCCC(NC2CCC(NC(=O)OC(C)(C)C)CC2)C1. The van der Waals surface area contributed by atoms with E-state index in [0.29, 0.717) is 12.1 Å². The fourth-order valence-electron chi connectivity index (χ4n) is 3.69. The van der Waals surface area contributed by atoms with Crippen LogP contribution in [0.15, 0.2) is 0 Å². The number of carbonyl (C=O) groups is 1. The molecule has 1 unspecified atom stereocenters. The van der Waals surface area contributed by atoms with Crippen molar-refractivity contribution in [1.29, 1.82) is 0 Å². The number of alkyl carbamates (subject to hydrolysis) is 1. The van der Waals surface area contributed by atoms with Gasteiger partial charge in [0.2, 0.25) is 0 Å². The van der Waals surface area contributed by atoms with Crippen molar-refractivity contribution in [3.63, 3.8) is 0 Å². The molecular weight excluding hydrogens is 290 g/mol. The van der Waals surface area contributed by atoms with E-state index in [1.54, 1.807) is 0 Å². The van der Waals surface area contributed by atoms with E-state index in [-0.39, 0.29) is 12.1 Å². The molecule has 2 rings (SSSR count). The number of likely N-dealkylation sites (N-methyl/N-ethyl adjacent to an activating group) is 1. The quantitative estimate of drug-likeness (QED) is 0.834. The standard InChI is InChI=1S/C18H35N3O2/c1-5-21-12-6-7-16(13-21)19-14-8-10-15(11-9-14)20-17(22)23-18(2,3)4/h14-16,19H,5-13H2,1-4H3,(H,20,22). The molecule has 1 amide bonds. The van der Waals surface area contributed by atoms with E-state index in [1.807, 2.05) is 20.8 Å². The van der Waals surface area contributed by atoms with Gasteiger partial charge in [0.05, 0.1) is 0 Å². The molecule has 2 aliphatic rings. The molecular formula is C18H35N3O2. The number of nitrogens with zero attached hydrogens (tertiary/aromatic N) is 1. The van der Waals surface area contributed by atoms with Gasteiger partial charge >= 0.3 is 6.09 Å². The number of amides is 1. The Hall–Kier alpha value is -0.810. The van der Waals surface area contributed by atoms with Gasteiger partial charge in [-0.25, -0.2) is 4.79 Å². The molecule has 0 aromatic carbocycles. The number of hydrogen-bond donors (Lipinski definition) is 2. The number of hydrogen-bond acceptors (Lipinski definition) is 4. The third kappa shape index (κ3) is 6.68. The molecule has 0 bridgehead atoms. The molecule has 1 atom stereocenters. The molecule has 134 valence electrons. The maximum absolute atomic E-state index is 11.8. The number of nitrogens with one attached hydrogen (secondary N) is 2. The first-order valence-corrected chi connectivity index (χ1v) is 9.33. The molecule has 2 N–H and O–H groups in total. The molecule has 1 heterocycles. The smallest absolute Gasteiger partial charge is 0.407 e. The molecule has 1 saturated heterocycles. The maximum atomic E-state index is 11.8. The van der Waals surface area contributed by atoms with Gasteiger partial charge in [0.1, 0.15) is 5.60 Å². The summed E-state index contributed by atoms with van der Waals surface area (Å²) in [5, 5.41) is 6.87. The average molecular weight is 325 g/mol. The summed E-state index contributed by atoms with van der Waals surface area (Å²) in [4.78, 5) is 14.4. The van der Waals surface area contributed by atoms with Gasteiger partial charge in [-0.3, -0.25) is 0 Å². The Balaban J connectivity index is 1.66. The third-order valence-electron chi connectivity index (χ3n) is 4.87. The predicted molar refractivity (Wildman–Crippen MR) is 93.7 cm³/mol. The highest BCUT2D eigenvalue weighted by atomic mass is 16.6. The van der Waals surface area contributed by atoms with Gasteiger partial charge in [-0.15, -0.1) is 0 Å². The van der Waals surface area contributed by atoms with Crippen molar-refractivity contribution in [2.45, 2.75) is 89.9 Å². The lowest BCUT2D eigenvalue weighted by molar-refractivity contribution is 0.0488. The third-order valence-corrected chi connectivity index (χ3v) is 4.87. The lowest BCUT2D eigenvalue weighted by atomic mass is 9.90. The molecule has 23 heavy (non-hydrogen) atoms. The van der Waals surface area contributed by atoms with Gasteiger partial charge < -0.3 is 20.3 Å². The van der Waals surface area contributed by atoms with Crippen molar-refractivity contribution in [3.8, 4) is 0 Å². The van der Waals surface area contributed by atoms with Gasteiger partial charge in [0, 0.05) is 24.7 Å². The minimum absolute atomic E-state index is 0.265. The zero-order chi connectivity index (χ0) is 16.9. The van der Waals surface area contributed by atoms with Gasteiger partial charge in [-0.2, -0.15) is 0 Å². The Labute approximate surface area is 141 Å². The van der Waals surface area contributed by atoms with Crippen LogP contribution in [0.1, 0.15) is 66.2 Å². The second-order valence-corrected chi connectivity index (χ2v) is 8.09. The Morgan fingerprint density at radius 2 is 1.74 bits per heavy atom. The normalized spacial score (nSPS) is 30.0. The molecule has 0 spiro atoms. The summed E-state index contributed by atoms with van der Waals surface area (Å²) < 4.78 is 5.34. The first-order valence-electron chi connectivity index (χ1n) is 9.33. The molecule has 1 aliphatic carbocycles. The van der Waals surface area contributed by atoms with Gasteiger partial charge in [0.15, 0.2) is 0 Å². The zero-order valence-electron chi connectivity index (χ0n) is 15.4. The Kier molecular flexibility index (Phi) is 6.72. The van der Waals surface area contributed by atoms with Crippen LogP contribution in [0.5, 0.6) is 0 Å². The molecule has 0 aromatic rings. The summed E-state index contributed by atoms with van der Waals surface area (Å²) in [5.74, 6) is 0. The van der Waals surface area contributed by atoms with Crippen LogP contribution in [0, 0.1) is 0 Å². The molecule has 0 aromatic heterocycles. The van der Waals surface area contributed by atoms with Crippen LogP contribution in [-0.4, -0.2) is 54.4 Å². The zero-order valence-corrected chi connectivity index (χ0v) is 15.4. The highest BCUT2D eigenvalue weighted by molar-refractivity contribution is 5.68. The van der Waals surface area contributed by atoms with Crippen LogP contribution >= 0.6 is 0 Å². The second-order valence-electron chi connectivity index (χ2n) is 8.09.